The second kappa shape index (κ2) is 2.62. The van der Waals surface area contributed by atoms with Crippen LogP contribution in [0.3, 0.4) is 0 Å². The third-order valence-corrected chi connectivity index (χ3v) is 2.52. The van der Waals surface area contributed by atoms with Gasteiger partial charge in [0, 0.05) is 12.7 Å². The van der Waals surface area contributed by atoms with E-state index in [9.17, 15) is 0 Å². The molecule has 2 rings (SSSR count). The van der Waals surface area contributed by atoms with E-state index in [0.717, 1.165) is 12.2 Å². The van der Waals surface area contributed by atoms with Gasteiger partial charge in [-0.15, -0.1) is 0 Å². The van der Waals surface area contributed by atoms with Crippen LogP contribution in [-0.4, -0.2) is 17.2 Å². The smallest absolute Gasteiger partial charge is 0.105 e. The zero-order valence-electron chi connectivity index (χ0n) is 8.33. The average Bonchev–Trinajstić information content (AvgIpc) is 2.33. The third-order valence-electron chi connectivity index (χ3n) is 2.52. The van der Waals surface area contributed by atoms with E-state index in [2.05, 4.69) is 42.0 Å². The molecule has 0 saturated carbocycles. The van der Waals surface area contributed by atoms with Crippen LogP contribution in [0.5, 0.6) is 0 Å². The summed E-state index contributed by atoms with van der Waals surface area (Å²) in [5.41, 5.74) is 2.40. The van der Waals surface area contributed by atoms with Crippen LogP contribution in [0.25, 0.3) is 0 Å². The number of fused-ring (bicyclic) bond motifs is 1. The Morgan fingerprint density at radius 1 is 1.54 bits per heavy atom. The van der Waals surface area contributed by atoms with Crippen molar-refractivity contribution in [2.75, 3.05) is 16.8 Å². The summed E-state index contributed by atoms with van der Waals surface area (Å²) in [6.07, 6.45) is 3.72. The van der Waals surface area contributed by atoms with Crippen LogP contribution >= 0.6 is 0 Å². The Morgan fingerprint density at radius 3 is 3.00 bits per heavy atom. The maximum Gasteiger partial charge on any atom is 0.105 e. The topological polar surface area (TPSA) is 28.2 Å². The standard InChI is InChI=1S/C10H15N3/c1-4-13-9-5-6-11-7-8(9)12-10(13,2)3/h5-7,12H,4H2,1-3H3. The summed E-state index contributed by atoms with van der Waals surface area (Å²) in [7, 11) is 0. The van der Waals surface area contributed by atoms with Gasteiger partial charge in [-0.1, -0.05) is 0 Å². The molecule has 0 atom stereocenters. The van der Waals surface area contributed by atoms with Crippen LogP contribution in [0.15, 0.2) is 18.5 Å². The largest absolute Gasteiger partial charge is 0.360 e. The zero-order chi connectivity index (χ0) is 9.47. The maximum atomic E-state index is 4.10. The first kappa shape index (κ1) is 8.35. The van der Waals surface area contributed by atoms with Gasteiger partial charge in [-0.05, 0) is 26.8 Å². The predicted molar refractivity (Wildman–Crippen MR) is 55.0 cm³/mol. The summed E-state index contributed by atoms with van der Waals surface area (Å²) in [5, 5.41) is 3.44. The quantitative estimate of drug-likeness (QED) is 0.711. The Morgan fingerprint density at radius 2 is 2.31 bits per heavy atom. The normalized spacial score (nSPS) is 18.2. The highest BCUT2D eigenvalue weighted by molar-refractivity contribution is 5.76. The van der Waals surface area contributed by atoms with E-state index in [4.69, 9.17) is 0 Å². The van der Waals surface area contributed by atoms with E-state index >= 15 is 0 Å². The molecule has 1 N–H and O–H groups in total. The molecule has 0 aromatic carbocycles. The number of pyridine rings is 1. The lowest BCUT2D eigenvalue weighted by Crippen LogP contribution is -2.45. The van der Waals surface area contributed by atoms with Gasteiger partial charge in [0.2, 0.25) is 0 Å². The van der Waals surface area contributed by atoms with E-state index in [1.807, 2.05) is 12.4 Å². The summed E-state index contributed by atoms with van der Waals surface area (Å²) >= 11 is 0. The van der Waals surface area contributed by atoms with Crippen molar-refractivity contribution in [3.63, 3.8) is 0 Å². The van der Waals surface area contributed by atoms with Crippen molar-refractivity contribution >= 4 is 11.4 Å². The Balaban J connectivity index is 2.46. The number of rotatable bonds is 1. The lowest BCUT2D eigenvalue weighted by Gasteiger charge is -2.32. The molecule has 1 aliphatic heterocycles. The number of aromatic nitrogens is 1. The van der Waals surface area contributed by atoms with Crippen LogP contribution in [0.1, 0.15) is 20.8 Å². The molecule has 0 saturated heterocycles. The lowest BCUT2D eigenvalue weighted by atomic mass is 10.2. The van der Waals surface area contributed by atoms with Gasteiger partial charge in [-0.3, -0.25) is 4.98 Å². The second-order valence-corrected chi connectivity index (χ2v) is 3.82. The van der Waals surface area contributed by atoms with Crippen molar-refractivity contribution < 1.29 is 0 Å². The molecule has 0 bridgehead atoms. The highest BCUT2D eigenvalue weighted by Crippen LogP contribution is 2.38. The number of nitrogens with one attached hydrogen (secondary N) is 1. The van der Waals surface area contributed by atoms with Crippen LogP contribution in [0.2, 0.25) is 0 Å². The summed E-state index contributed by atoms with van der Waals surface area (Å²) in [5.74, 6) is 0. The van der Waals surface area contributed by atoms with Crippen molar-refractivity contribution in [3.8, 4) is 0 Å². The first-order chi connectivity index (χ1) is 6.15. The Bertz CT molecular complexity index is 320. The monoisotopic (exact) mass is 177 g/mol. The number of hydrogen-bond donors (Lipinski definition) is 1. The first-order valence-corrected chi connectivity index (χ1v) is 4.65. The molecule has 3 nitrogen and oxygen atoms in total. The fourth-order valence-electron chi connectivity index (χ4n) is 1.98. The van der Waals surface area contributed by atoms with Gasteiger partial charge < -0.3 is 10.2 Å². The van der Waals surface area contributed by atoms with E-state index in [-0.39, 0.29) is 5.66 Å². The van der Waals surface area contributed by atoms with Gasteiger partial charge >= 0.3 is 0 Å². The van der Waals surface area contributed by atoms with Gasteiger partial charge in [0.25, 0.3) is 0 Å². The fourth-order valence-corrected chi connectivity index (χ4v) is 1.98. The molecule has 2 heterocycles. The Hall–Kier alpha value is -1.25. The van der Waals surface area contributed by atoms with Gasteiger partial charge in [-0.2, -0.15) is 0 Å². The van der Waals surface area contributed by atoms with E-state index in [1.165, 1.54) is 5.69 Å². The maximum absolute atomic E-state index is 4.10. The molecule has 1 aliphatic rings. The van der Waals surface area contributed by atoms with Gasteiger partial charge in [0.05, 0.1) is 17.6 Å². The van der Waals surface area contributed by atoms with E-state index in [1.54, 1.807) is 0 Å². The van der Waals surface area contributed by atoms with Crippen molar-refractivity contribution in [3.05, 3.63) is 18.5 Å². The molecular formula is C10H15N3. The minimum absolute atomic E-state index is 0.0140. The number of anilines is 2. The highest BCUT2D eigenvalue weighted by atomic mass is 15.4. The van der Waals surface area contributed by atoms with Gasteiger partial charge in [-0.25, -0.2) is 0 Å². The molecule has 1 aromatic heterocycles. The van der Waals surface area contributed by atoms with Crippen molar-refractivity contribution in [2.24, 2.45) is 0 Å². The molecule has 0 amide bonds. The molecule has 13 heavy (non-hydrogen) atoms. The van der Waals surface area contributed by atoms with Crippen LogP contribution in [-0.2, 0) is 0 Å². The molecule has 0 spiro atoms. The first-order valence-electron chi connectivity index (χ1n) is 4.65. The summed E-state index contributed by atoms with van der Waals surface area (Å²) < 4.78 is 0. The average molecular weight is 177 g/mol. The van der Waals surface area contributed by atoms with Crippen LogP contribution < -0.4 is 10.2 Å². The molecule has 0 aliphatic carbocycles. The third kappa shape index (κ3) is 1.15. The molecule has 0 fully saturated rings. The summed E-state index contributed by atoms with van der Waals surface area (Å²) in [6.45, 7) is 7.53. The molecule has 3 heteroatoms. The van der Waals surface area contributed by atoms with Crippen LogP contribution in [0, 0.1) is 0 Å². The zero-order valence-corrected chi connectivity index (χ0v) is 8.33. The molecule has 0 unspecified atom stereocenters. The fraction of sp³-hybridized carbons (Fsp3) is 0.500. The second-order valence-electron chi connectivity index (χ2n) is 3.82. The van der Waals surface area contributed by atoms with Crippen LogP contribution in [0.4, 0.5) is 11.4 Å². The van der Waals surface area contributed by atoms with Crippen molar-refractivity contribution in [2.45, 2.75) is 26.4 Å². The minimum Gasteiger partial charge on any atom is -0.360 e. The van der Waals surface area contributed by atoms with Crippen molar-refractivity contribution in [1.29, 1.82) is 0 Å². The summed E-state index contributed by atoms with van der Waals surface area (Å²) in [4.78, 5) is 6.44. The predicted octanol–water partition coefficient (Wildman–Crippen LogP) is 2.07. The number of nitrogens with zero attached hydrogens (tertiary/aromatic N) is 2. The number of hydrogen-bond acceptors (Lipinski definition) is 3. The lowest BCUT2D eigenvalue weighted by molar-refractivity contribution is 0.551. The van der Waals surface area contributed by atoms with E-state index < -0.39 is 0 Å². The SMILES string of the molecule is CCN1c2ccncc2NC1(C)C. The Labute approximate surface area is 78.8 Å². The van der Waals surface area contributed by atoms with Crippen molar-refractivity contribution in [1.82, 2.24) is 4.98 Å². The molecule has 0 radical (unpaired) electrons. The van der Waals surface area contributed by atoms with Gasteiger partial charge in [0.15, 0.2) is 0 Å². The Kier molecular flexibility index (Phi) is 1.68. The van der Waals surface area contributed by atoms with E-state index in [0.29, 0.717) is 0 Å². The highest BCUT2D eigenvalue weighted by Gasteiger charge is 2.33. The minimum atomic E-state index is 0.0140. The summed E-state index contributed by atoms with van der Waals surface area (Å²) in [6, 6.07) is 2.06. The molecule has 1 aromatic rings. The van der Waals surface area contributed by atoms with Gasteiger partial charge in [0.1, 0.15) is 5.66 Å². The molecular weight excluding hydrogens is 162 g/mol. The molecule has 70 valence electrons.